The molecule has 0 spiro atoms. The molecular formula is C16H22O3. The largest absolute Gasteiger partial charge is 0.481 e. The minimum atomic E-state index is -0.932. The number of rotatable bonds is 8. The quantitative estimate of drug-likeness (QED) is 0.720. The predicted octanol–water partition coefficient (Wildman–Crippen LogP) is 4.03. The number of hydrogen-bond donors (Lipinski definition) is 1. The first-order chi connectivity index (χ1) is 9.04. The first-order valence-corrected chi connectivity index (χ1v) is 6.89. The normalized spacial score (nSPS) is 12.1. The van der Waals surface area contributed by atoms with E-state index in [0.717, 1.165) is 6.42 Å². The Morgan fingerprint density at radius 3 is 2.32 bits per heavy atom. The number of ketones is 1. The Hall–Kier alpha value is -1.64. The summed E-state index contributed by atoms with van der Waals surface area (Å²) >= 11 is 0. The van der Waals surface area contributed by atoms with Crippen molar-refractivity contribution in [2.45, 2.75) is 51.9 Å². The highest BCUT2D eigenvalue weighted by molar-refractivity contribution is 5.97. The van der Waals surface area contributed by atoms with E-state index < -0.39 is 5.97 Å². The van der Waals surface area contributed by atoms with Crippen LogP contribution in [0, 0.1) is 0 Å². The summed E-state index contributed by atoms with van der Waals surface area (Å²) in [7, 11) is 0. The van der Waals surface area contributed by atoms with Gasteiger partial charge in [0.1, 0.15) is 0 Å². The van der Waals surface area contributed by atoms with Gasteiger partial charge in [0.15, 0.2) is 5.78 Å². The Morgan fingerprint density at radius 2 is 1.79 bits per heavy atom. The average Bonchev–Trinajstić information content (AvgIpc) is 2.42. The van der Waals surface area contributed by atoms with Crippen molar-refractivity contribution in [3.8, 4) is 0 Å². The number of carboxylic acids is 1. The summed E-state index contributed by atoms with van der Waals surface area (Å²) in [4.78, 5) is 22.2. The SMILES string of the molecule is CCCC[C@H](C)c1ccc(C(=O)CCC(=O)O)cc1. The van der Waals surface area contributed by atoms with Gasteiger partial charge in [0.25, 0.3) is 0 Å². The van der Waals surface area contributed by atoms with Crippen LogP contribution in [0.4, 0.5) is 0 Å². The molecule has 3 heteroatoms. The Bertz CT molecular complexity index is 420. The van der Waals surface area contributed by atoms with E-state index in [2.05, 4.69) is 13.8 Å². The molecule has 0 radical (unpaired) electrons. The minimum absolute atomic E-state index is 0.0695. The summed E-state index contributed by atoms with van der Waals surface area (Å²) in [5.41, 5.74) is 1.84. The first-order valence-electron chi connectivity index (χ1n) is 6.89. The zero-order chi connectivity index (χ0) is 14.3. The molecule has 3 nitrogen and oxygen atoms in total. The van der Waals surface area contributed by atoms with Crippen molar-refractivity contribution in [1.29, 1.82) is 0 Å². The first kappa shape index (κ1) is 15.4. The van der Waals surface area contributed by atoms with E-state index in [1.54, 1.807) is 0 Å². The summed E-state index contributed by atoms with van der Waals surface area (Å²) in [6, 6.07) is 7.58. The molecule has 1 aromatic rings. The molecule has 0 amide bonds. The molecule has 1 rings (SSSR count). The molecule has 0 unspecified atom stereocenters. The number of carbonyl (C=O) groups is 2. The molecule has 104 valence electrons. The fourth-order valence-corrected chi connectivity index (χ4v) is 2.04. The van der Waals surface area contributed by atoms with Crippen LogP contribution in [0.2, 0.25) is 0 Å². The fourth-order valence-electron chi connectivity index (χ4n) is 2.04. The van der Waals surface area contributed by atoms with Crippen LogP contribution in [0.15, 0.2) is 24.3 Å². The van der Waals surface area contributed by atoms with E-state index in [9.17, 15) is 9.59 Å². The fraction of sp³-hybridized carbons (Fsp3) is 0.500. The average molecular weight is 262 g/mol. The predicted molar refractivity (Wildman–Crippen MR) is 75.6 cm³/mol. The number of carbonyl (C=O) groups excluding carboxylic acids is 1. The summed E-state index contributed by atoms with van der Waals surface area (Å²) in [5, 5.41) is 8.56. The molecule has 0 aliphatic heterocycles. The van der Waals surface area contributed by atoms with Crippen molar-refractivity contribution >= 4 is 11.8 Å². The molecule has 0 aliphatic carbocycles. The monoisotopic (exact) mass is 262 g/mol. The summed E-state index contributed by atoms with van der Waals surface area (Å²) in [5.74, 6) is -0.531. The van der Waals surface area contributed by atoms with Crippen molar-refractivity contribution in [1.82, 2.24) is 0 Å². The topological polar surface area (TPSA) is 54.4 Å². The molecule has 0 aliphatic rings. The molecule has 1 atom stereocenters. The van der Waals surface area contributed by atoms with Crippen LogP contribution in [-0.4, -0.2) is 16.9 Å². The van der Waals surface area contributed by atoms with Gasteiger partial charge >= 0.3 is 5.97 Å². The highest BCUT2D eigenvalue weighted by atomic mass is 16.4. The third-order valence-corrected chi connectivity index (χ3v) is 3.36. The maximum absolute atomic E-state index is 11.7. The van der Waals surface area contributed by atoms with Gasteiger partial charge in [-0.15, -0.1) is 0 Å². The molecule has 0 saturated carbocycles. The van der Waals surface area contributed by atoms with E-state index in [4.69, 9.17) is 5.11 Å². The van der Waals surface area contributed by atoms with Gasteiger partial charge < -0.3 is 5.11 Å². The molecule has 0 bridgehead atoms. The van der Waals surface area contributed by atoms with Gasteiger partial charge in [0.2, 0.25) is 0 Å². The van der Waals surface area contributed by atoms with E-state index in [-0.39, 0.29) is 18.6 Å². The summed E-state index contributed by atoms with van der Waals surface area (Å²) < 4.78 is 0. The maximum Gasteiger partial charge on any atom is 0.303 e. The van der Waals surface area contributed by atoms with Crippen LogP contribution in [0.25, 0.3) is 0 Å². The Morgan fingerprint density at radius 1 is 1.16 bits per heavy atom. The second kappa shape index (κ2) is 7.72. The van der Waals surface area contributed by atoms with Gasteiger partial charge in [0.05, 0.1) is 6.42 Å². The van der Waals surface area contributed by atoms with Gasteiger partial charge in [0, 0.05) is 12.0 Å². The Kier molecular flexibility index (Phi) is 6.26. The van der Waals surface area contributed by atoms with Crippen LogP contribution in [0.1, 0.15) is 67.8 Å². The third kappa shape index (κ3) is 5.25. The molecule has 1 aromatic carbocycles. The summed E-state index contributed by atoms with van der Waals surface area (Å²) in [6.07, 6.45) is 3.52. The zero-order valence-corrected chi connectivity index (χ0v) is 11.7. The molecule has 19 heavy (non-hydrogen) atoms. The lowest BCUT2D eigenvalue weighted by Gasteiger charge is -2.11. The Labute approximate surface area is 114 Å². The lowest BCUT2D eigenvalue weighted by Crippen LogP contribution is -2.04. The number of unbranched alkanes of at least 4 members (excludes halogenated alkanes) is 1. The van der Waals surface area contributed by atoms with Crippen molar-refractivity contribution < 1.29 is 14.7 Å². The molecular weight excluding hydrogens is 240 g/mol. The van der Waals surface area contributed by atoms with Crippen molar-refractivity contribution in [3.05, 3.63) is 35.4 Å². The lowest BCUT2D eigenvalue weighted by atomic mass is 9.94. The van der Waals surface area contributed by atoms with E-state index in [1.165, 1.54) is 18.4 Å². The van der Waals surface area contributed by atoms with Gasteiger partial charge in [-0.1, -0.05) is 51.0 Å². The second-order valence-corrected chi connectivity index (χ2v) is 4.98. The number of Topliss-reactive ketones (excluding diaryl/α,β-unsaturated/α-hetero) is 1. The van der Waals surface area contributed by atoms with Crippen molar-refractivity contribution in [2.75, 3.05) is 0 Å². The van der Waals surface area contributed by atoms with E-state index >= 15 is 0 Å². The number of benzene rings is 1. The highest BCUT2D eigenvalue weighted by Gasteiger charge is 2.10. The zero-order valence-electron chi connectivity index (χ0n) is 11.7. The van der Waals surface area contributed by atoms with Gasteiger partial charge in [-0.2, -0.15) is 0 Å². The number of carboxylic acid groups (broad SMARTS) is 1. The van der Waals surface area contributed by atoms with Crippen molar-refractivity contribution in [2.24, 2.45) is 0 Å². The number of hydrogen-bond acceptors (Lipinski definition) is 2. The van der Waals surface area contributed by atoms with Gasteiger partial charge in [-0.25, -0.2) is 0 Å². The third-order valence-electron chi connectivity index (χ3n) is 3.36. The van der Waals surface area contributed by atoms with Crippen LogP contribution in [0.5, 0.6) is 0 Å². The molecule has 0 aromatic heterocycles. The smallest absolute Gasteiger partial charge is 0.303 e. The van der Waals surface area contributed by atoms with E-state index in [0.29, 0.717) is 11.5 Å². The maximum atomic E-state index is 11.7. The number of aliphatic carboxylic acids is 1. The van der Waals surface area contributed by atoms with Crippen LogP contribution >= 0.6 is 0 Å². The van der Waals surface area contributed by atoms with Crippen LogP contribution in [0.3, 0.4) is 0 Å². The minimum Gasteiger partial charge on any atom is -0.481 e. The molecule has 0 saturated heterocycles. The van der Waals surface area contributed by atoms with Crippen molar-refractivity contribution in [3.63, 3.8) is 0 Å². The lowest BCUT2D eigenvalue weighted by molar-refractivity contribution is -0.136. The summed E-state index contributed by atoms with van der Waals surface area (Å²) in [6.45, 7) is 4.37. The molecule has 0 fully saturated rings. The van der Waals surface area contributed by atoms with E-state index in [1.807, 2.05) is 24.3 Å². The van der Waals surface area contributed by atoms with Crippen LogP contribution in [-0.2, 0) is 4.79 Å². The van der Waals surface area contributed by atoms with Gasteiger partial charge in [-0.05, 0) is 17.9 Å². The van der Waals surface area contributed by atoms with Crippen LogP contribution < -0.4 is 0 Å². The molecule has 1 N–H and O–H groups in total. The standard InChI is InChI=1S/C16H22O3/c1-3-4-5-12(2)13-6-8-14(9-7-13)15(17)10-11-16(18)19/h6-9,12H,3-5,10-11H2,1-2H3,(H,18,19)/t12-/m0/s1. The Balaban J connectivity index is 2.60. The van der Waals surface area contributed by atoms with Gasteiger partial charge in [-0.3, -0.25) is 9.59 Å². The molecule has 0 heterocycles. The highest BCUT2D eigenvalue weighted by Crippen LogP contribution is 2.22. The second-order valence-electron chi connectivity index (χ2n) is 4.98.